The quantitative estimate of drug-likeness (QED) is 0.572. The van der Waals surface area contributed by atoms with Gasteiger partial charge in [-0.25, -0.2) is 0 Å². The van der Waals surface area contributed by atoms with Crippen molar-refractivity contribution in [2.75, 3.05) is 18.1 Å². The van der Waals surface area contributed by atoms with Crippen molar-refractivity contribution in [2.45, 2.75) is 11.8 Å². The fourth-order valence-electron chi connectivity index (χ4n) is 1.64. The summed E-state index contributed by atoms with van der Waals surface area (Å²) in [5, 5.41) is 0. The second-order valence-electron chi connectivity index (χ2n) is 3.84. The number of anilines is 1. The van der Waals surface area contributed by atoms with Gasteiger partial charge in [0.25, 0.3) is 10.0 Å². The standard InChI is InChI=1S/C11H11IN2O4S/c1-8(15)18-5-4-14-7-13-19(16,17)11-6-9(12)2-3-10(11)14/h2-3,6-7H,4-5H2,1H3. The van der Waals surface area contributed by atoms with Crippen molar-refractivity contribution in [1.82, 2.24) is 0 Å². The van der Waals surface area contributed by atoms with Crippen LogP contribution < -0.4 is 4.90 Å². The summed E-state index contributed by atoms with van der Waals surface area (Å²) in [6.07, 6.45) is 1.24. The number of benzene rings is 1. The molecule has 0 amide bonds. The van der Waals surface area contributed by atoms with E-state index < -0.39 is 10.0 Å². The van der Waals surface area contributed by atoms with Crippen LogP contribution in [-0.2, 0) is 19.6 Å². The normalized spacial score (nSPS) is 16.0. The molecule has 0 N–H and O–H groups in total. The molecule has 1 aliphatic rings. The van der Waals surface area contributed by atoms with Crippen molar-refractivity contribution in [2.24, 2.45) is 4.40 Å². The minimum atomic E-state index is -3.62. The largest absolute Gasteiger partial charge is 0.464 e. The maximum absolute atomic E-state index is 11.8. The highest BCUT2D eigenvalue weighted by Gasteiger charge is 2.25. The Labute approximate surface area is 124 Å². The van der Waals surface area contributed by atoms with Crippen LogP contribution in [0.4, 0.5) is 5.69 Å². The number of nitrogens with zero attached hydrogens (tertiary/aromatic N) is 2. The van der Waals surface area contributed by atoms with E-state index in [0.717, 1.165) is 3.57 Å². The predicted octanol–water partition coefficient (Wildman–Crippen LogP) is 1.39. The molecule has 0 radical (unpaired) electrons. The van der Waals surface area contributed by atoms with Crippen LogP contribution in [0.2, 0.25) is 0 Å². The number of hydrogen-bond donors (Lipinski definition) is 0. The van der Waals surface area contributed by atoms with Gasteiger partial charge in [-0.2, -0.15) is 8.42 Å². The van der Waals surface area contributed by atoms with Crippen molar-refractivity contribution in [3.8, 4) is 0 Å². The second-order valence-corrected chi connectivity index (χ2v) is 6.69. The summed E-state index contributed by atoms with van der Waals surface area (Å²) < 4.78 is 32.9. The molecule has 0 spiro atoms. The van der Waals surface area contributed by atoms with Crippen LogP contribution in [0.15, 0.2) is 27.5 Å². The third kappa shape index (κ3) is 3.24. The minimum absolute atomic E-state index is 0.171. The van der Waals surface area contributed by atoms with Gasteiger partial charge in [-0.3, -0.25) is 4.79 Å². The summed E-state index contributed by atoms with van der Waals surface area (Å²) in [5.74, 6) is -0.371. The molecule has 102 valence electrons. The van der Waals surface area contributed by atoms with Crippen LogP contribution in [0.5, 0.6) is 0 Å². The zero-order valence-corrected chi connectivity index (χ0v) is 13.0. The van der Waals surface area contributed by atoms with Crippen molar-refractivity contribution < 1.29 is 17.9 Å². The summed E-state index contributed by atoms with van der Waals surface area (Å²) in [6, 6.07) is 5.10. The van der Waals surface area contributed by atoms with E-state index in [4.69, 9.17) is 4.74 Å². The van der Waals surface area contributed by atoms with E-state index in [9.17, 15) is 13.2 Å². The van der Waals surface area contributed by atoms with E-state index in [2.05, 4.69) is 4.40 Å². The summed E-state index contributed by atoms with van der Waals surface area (Å²) in [7, 11) is -3.62. The van der Waals surface area contributed by atoms with Gasteiger partial charge in [0.2, 0.25) is 0 Å². The molecule has 0 aromatic heterocycles. The topological polar surface area (TPSA) is 76.0 Å². The van der Waals surface area contributed by atoms with Gasteiger partial charge in [0, 0.05) is 10.5 Å². The van der Waals surface area contributed by atoms with Crippen LogP contribution in [0, 0.1) is 3.57 Å². The molecular formula is C11H11IN2O4S. The molecule has 6 nitrogen and oxygen atoms in total. The zero-order chi connectivity index (χ0) is 14.0. The molecule has 0 saturated carbocycles. The highest BCUT2D eigenvalue weighted by atomic mass is 127. The fourth-order valence-corrected chi connectivity index (χ4v) is 3.42. The van der Waals surface area contributed by atoms with E-state index >= 15 is 0 Å². The Bertz CT molecular complexity index is 642. The van der Waals surface area contributed by atoms with Crippen molar-refractivity contribution in [1.29, 1.82) is 0 Å². The lowest BCUT2D eigenvalue weighted by Gasteiger charge is -2.24. The Kier molecular flexibility index (Phi) is 4.09. The molecule has 1 aromatic rings. The maximum atomic E-state index is 11.8. The van der Waals surface area contributed by atoms with Crippen molar-refractivity contribution in [3.63, 3.8) is 0 Å². The molecule has 1 heterocycles. The number of rotatable bonds is 3. The van der Waals surface area contributed by atoms with E-state index in [1.807, 2.05) is 28.7 Å². The third-order valence-electron chi connectivity index (χ3n) is 2.47. The van der Waals surface area contributed by atoms with Crippen LogP contribution in [-0.4, -0.2) is 33.9 Å². The fraction of sp³-hybridized carbons (Fsp3) is 0.273. The van der Waals surface area contributed by atoms with Crippen molar-refractivity contribution >= 4 is 50.6 Å². The van der Waals surface area contributed by atoms with Gasteiger partial charge in [-0.1, -0.05) is 0 Å². The van der Waals surface area contributed by atoms with Gasteiger partial charge in [0.1, 0.15) is 17.8 Å². The molecule has 1 aliphatic heterocycles. The molecule has 19 heavy (non-hydrogen) atoms. The molecule has 8 heteroatoms. The van der Waals surface area contributed by atoms with Gasteiger partial charge in [-0.05, 0) is 40.8 Å². The molecular weight excluding hydrogens is 383 g/mol. The highest BCUT2D eigenvalue weighted by molar-refractivity contribution is 14.1. The van der Waals surface area contributed by atoms with Gasteiger partial charge in [0.15, 0.2) is 0 Å². The number of fused-ring (bicyclic) bond motifs is 1. The number of sulfonamides is 1. The summed E-state index contributed by atoms with van der Waals surface area (Å²) in [5.41, 5.74) is 0.544. The van der Waals surface area contributed by atoms with E-state index in [1.165, 1.54) is 13.3 Å². The zero-order valence-electron chi connectivity index (χ0n) is 10.0. The Hall–Kier alpha value is -1.16. The molecule has 1 aromatic carbocycles. The van der Waals surface area contributed by atoms with Crippen molar-refractivity contribution in [3.05, 3.63) is 21.8 Å². The smallest absolute Gasteiger partial charge is 0.302 e. The number of halogens is 1. The average molecular weight is 394 g/mol. The average Bonchev–Trinajstić information content (AvgIpc) is 2.32. The number of hydrogen-bond acceptors (Lipinski definition) is 5. The molecule has 0 atom stereocenters. The lowest BCUT2D eigenvalue weighted by atomic mass is 10.3. The first-order valence-electron chi connectivity index (χ1n) is 5.40. The van der Waals surface area contributed by atoms with Crippen LogP contribution in [0.25, 0.3) is 0 Å². The van der Waals surface area contributed by atoms with E-state index in [0.29, 0.717) is 12.2 Å². The number of carbonyl (C=O) groups excluding carboxylic acids is 1. The van der Waals surface area contributed by atoms with Crippen LogP contribution >= 0.6 is 22.6 Å². The first-order valence-corrected chi connectivity index (χ1v) is 7.92. The van der Waals surface area contributed by atoms with Crippen LogP contribution in [0.3, 0.4) is 0 Å². The number of carbonyl (C=O) groups is 1. The predicted molar refractivity (Wildman–Crippen MR) is 78.8 cm³/mol. The Morgan fingerprint density at radius 1 is 1.47 bits per heavy atom. The molecule has 0 fully saturated rings. The maximum Gasteiger partial charge on any atom is 0.302 e. The third-order valence-corrected chi connectivity index (χ3v) is 4.40. The van der Waals surface area contributed by atoms with Gasteiger partial charge >= 0.3 is 5.97 Å². The van der Waals surface area contributed by atoms with Gasteiger partial charge < -0.3 is 9.64 Å². The lowest BCUT2D eigenvalue weighted by Crippen LogP contribution is -2.31. The molecule has 2 rings (SSSR count). The Morgan fingerprint density at radius 2 is 2.21 bits per heavy atom. The molecule has 0 bridgehead atoms. The second kappa shape index (κ2) is 5.45. The number of esters is 1. The molecule has 0 aliphatic carbocycles. The van der Waals surface area contributed by atoms with E-state index in [1.54, 1.807) is 17.0 Å². The molecule has 0 saturated heterocycles. The Balaban J connectivity index is 2.28. The van der Waals surface area contributed by atoms with E-state index in [-0.39, 0.29) is 17.5 Å². The first-order chi connectivity index (χ1) is 8.90. The SMILES string of the molecule is CC(=O)OCCN1C=NS(=O)(=O)c2cc(I)ccc21. The Morgan fingerprint density at radius 3 is 2.89 bits per heavy atom. The molecule has 0 unspecified atom stereocenters. The van der Waals surface area contributed by atoms with Gasteiger partial charge in [-0.15, -0.1) is 4.40 Å². The lowest BCUT2D eigenvalue weighted by molar-refractivity contribution is -0.140. The first kappa shape index (κ1) is 14.3. The van der Waals surface area contributed by atoms with Crippen LogP contribution in [0.1, 0.15) is 6.92 Å². The summed E-state index contributed by atoms with van der Waals surface area (Å²) >= 11 is 2.04. The summed E-state index contributed by atoms with van der Waals surface area (Å²) in [4.78, 5) is 12.5. The highest BCUT2D eigenvalue weighted by Crippen LogP contribution is 2.30. The number of ether oxygens (including phenoxy) is 1. The van der Waals surface area contributed by atoms with Gasteiger partial charge in [0.05, 0.1) is 12.2 Å². The summed E-state index contributed by atoms with van der Waals surface area (Å²) in [6.45, 7) is 1.85. The minimum Gasteiger partial charge on any atom is -0.464 e. The monoisotopic (exact) mass is 394 g/mol.